The van der Waals surface area contributed by atoms with Gasteiger partial charge in [-0.2, -0.15) is 9.61 Å². The van der Waals surface area contributed by atoms with Crippen LogP contribution in [-0.2, 0) is 4.79 Å². The summed E-state index contributed by atoms with van der Waals surface area (Å²) in [6, 6.07) is 13.5. The average Bonchev–Trinajstić information content (AvgIpc) is 3.35. The molecule has 148 valence electrons. The molecule has 5 aromatic rings. The first-order valence-electron chi connectivity index (χ1n) is 9.08. The number of thioether (sulfide) groups is 1. The number of hydrogen-bond donors (Lipinski definition) is 1. The Hall–Kier alpha value is -3.37. The summed E-state index contributed by atoms with van der Waals surface area (Å²) >= 11 is 2.73. The smallest absolute Gasteiger partial charge is 0.236 e. The molecule has 10 heteroatoms. The van der Waals surface area contributed by atoms with Crippen molar-refractivity contribution in [3.8, 4) is 11.3 Å². The van der Waals surface area contributed by atoms with Crippen LogP contribution in [0, 0.1) is 6.92 Å². The number of aryl methyl sites for hydroxylation is 1. The number of carbonyl (C=O) groups excluding carboxylic acids is 1. The molecule has 1 N–H and O–H groups in total. The number of nitrogens with zero attached hydrogens (tertiary/aromatic N) is 6. The number of carbonyl (C=O) groups is 1. The van der Waals surface area contributed by atoms with Crippen LogP contribution < -0.4 is 5.32 Å². The normalized spacial score (nSPS) is 11.2. The van der Waals surface area contributed by atoms with Crippen molar-refractivity contribution >= 4 is 50.0 Å². The number of pyridine rings is 1. The molecule has 4 heterocycles. The molecule has 0 fully saturated rings. The molecule has 0 aliphatic heterocycles. The van der Waals surface area contributed by atoms with Gasteiger partial charge in [0.2, 0.25) is 11.1 Å². The summed E-state index contributed by atoms with van der Waals surface area (Å²) in [5.74, 6) is 0.0186. The van der Waals surface area contributed by atoms with Crippen molar-refractivity contribution in [3.05, 3.63) is 60.4 Å². The fourth-order valence-electron chi connectivity index (χ4n) is 2.90. The lowest BCUT2D eigenvalue weighted by Crippen LogP contribution is -2.14. The van der Waals surface area contributed by atoms with E-state index < -0.39 is 0 Å². The Labute approximate surface area is 179 Å². The quantitative estimate of drug-likeness (QED) is 0.421. The summed E-state index contributed by atoms with van der Waals surface area (Å²) in [6.45, 7) is 2.03. The zero-order valence-electron chi connectivity index (χ0n) is 15.8. The van der Waals surface area contributed by atoms with Gasteiger partial charge in [0.15, 0.2) is 10.8 Å². The van der Waals surface area contributed by atoms with E-state index in [1.54, 1.807) is 16.9 Å². The van der Waals surface area contributed by atoms with Crippen LogP contribution in [0.1, 0.15) is 5.56 Å². The largest absolute Gasteiger partial charge is 0.301 e. The summed E-state index contributed by atoms with van der Waals surface area (Å²) in [4.78, 5) is 21.0. The molecule has 0 aliphatic rings. The van der Waals surface area contributed by atoms with E-state index in [1.807, 2.05) is 43.3 Å². The number of nitrogens with one attached hydrogen (secondary N) is 1. The van der Waals surface area contributed by atoms with Gasteiger partial charge in [0, 0.05) is 18.0 Å². The maximum absolute atomic E-state index is 12.4. The van der Waals surface area contributed by atoms with Crippen molar-refractivity contribution in [2.75, 3.05) is 11.1 Å². The molecular weight excluding hydrogens is 418 g/mol. The molecule has 5 rings (SSSR count). The van der Waals surface area contributed by atoms with Crippen LogP contribution >= 0.6 is 23.1 Å². The van der Waals surface area contributed by atoms with Crippen LogP contribution in [0.3, 0.4) is 0 Å². The Morgan fingerprint density at radius 3 is 3.00 bits per heavy atom. The predicted octanol–water partition coefficient (Wildman–Crippen LogP) is 3.84. The molecule has 30 heavy (non-hydrogen) atoms. The van der Waals surface area contributed by atoms with Gasteiger partial charge in [-0.15, -0.1) is 10.2 Å². The third-order valence-electron chi connectivity index (χ3n) is 4.31. The Balaban J connectivity index is 1.31. The number of amides is 1. The average molecular weight is 434 g/mol. The lowest BCUT2D eigenvalue weighted by atomic mass is 10.2. The minimum absolute atomic E-state index is 0.157. The molecule has 0 spiro atoms. The van der Waals surface area contributed by atoms with E-state index in [0.29, 0.717) is 15.9 Å². The minimum atomic E-state index is -0.157. The van der Waals surface area contributed by atoms with Crippen molar-refractivity contribution in [2.45, 2.75) is 12.1 Å². The number of thiazole rings is 1. The highest BCUT2D eigenvalue weighted by atomic mass is 32.2. The molecule has 0 aliphatic carbocycles. The Bertz CT molecular complexity index is 1360. The van der Waals surface area contributed by atoms with E-state index in [9.17, 15) is 4.79 Å². The molecule has 8 nitrogen and oxygen atoms in total. The van der Waals surface area contributed by atoms with Gasteiger partial charge in [0.05, 0.1) is 21.7 Å². The second-order valence-corrected chi connectivity index (χ2v) is 8.51. The van der Waals surface area contributed by atoms with E-state index in [2.05, 4.69) is 36.6 Å². The third kappa shape index (κ3) is 3.74. The lowest BCUT2D eigenvalue weighted by molar-refractivity contribution is -0.113. The molecule has 0 saturated heterocycles. The molecule has 0 radical (unpaired) electrons. The summed E-state index contributed by atoms with van der Waals surface area (Å²) in [7, 11) is 0. The van der Waals surface area contributed by atoms with Gasteiger partial charge in [-0.1, -0.05) is 29.2 Å². The molecule has 0 unspecified atom stereocenters. The standard InChI is InChI=1S/C20H15N7OS2/c1-12-4-5-15-16(9-12)30-19(22-15)23-18(28)11-29-20-25-24-17-7-6-14(26-27(17)20)13-3-2-8-21-10-13/h2-10H,11H2,1H3,(H,22,23,28). The van der Waals surface area contributed by atoms with Crippen LogP contribution in [0.15, 0.2) is 60.0 Å². The molecule has 0 bridgehead atoms. The SMILES string of the molecule is Cc1ccc2nc(NC(=O)CSc3nnc4ccc(-c5cccnc5)nn34)sc2c1. The van der Waals surface area contributed by atoms with Crippen LogP contribution in [0.4, 0.5) is 5.13 Å². The Kier molecular flexibility index (Phi) is 4.85. The highest BCUT2D eigenvalue weighted by Gasteiger charge is 2.13. The molecule has 1 aromatic carbocycles. The van der Waals surface area contributed by atoms with Gasteiger partial charge in [0.25, 0.3) is 0 Å². The van der Waals surface area contributed by atoms with Crippen molar-refractivity contribution in [1.82, 2.24) is 29.8 Å². The zero-order chi connectivity index (χ0) is 20.5. The van der Waals surface area contributed by atoms with Gasteiger partial charge >= 0.3 is 0 Å². The van der Waals surface area contributed by atoms with Crippen LogP contribution in [0.25, 0.3) is 27.1 Å². The number of anilines is 1. The summed E-state index contributed by atoms with van der Waals surface area (Å²) in [6.07, 6.45) is 3.46. The van der Waals surface area contributed by atoms with Crippen LogP contribution in [-0.4, -0.2) is 41.4 Å². The lowest BCUT2D eigenvalue weighted by Gasteiger charge is -2.03. The second kappa shape index (κ2) is 7.81. The minimum Gasteiger partial charge on any atom is -0.301 e. The second-order valence-electron chi connectivity index (χ2n) is 6.54. The van der Waals surface area contributed by atoms with Crippen molar-refractivity contribution < 1.29 is 4.79 Å². The van der Waals surface area contributed by atoms with E-state index in [1.165, 1.54) is 23.1 Å². The van der Waals surface area contributed by atoms with Gasteiger partial charge in [-0.3, -0.25) is 9.78 Å². The fraction of sp³-hybridized carbons (Fsp3) is 0.100. The molecule has 4 aromatic heterocycles. The van der Waals surface area contributed by atoms with Gasteiger partial charge in [0.1, 0.15) is 0 Å². The monoisotopic (exact) mass is 433 g/mol. The summed E-state index contributed by atoms with van der Waals surface area (Å²) < 4.78 is 2.69. The predicted molar refractivity (Wildman–Crippen MR) is 118 cm³/mol. The third-order valence-corrected chi connectivity index (χ3v) is 6.17. The van der Waals surface area contributed by atoms with E-state index in [-0.39, 0.29) is 11.7 Å². The molecule has 0 saturated carbocycles. The highest BCUT2D eigenvalue weighted by Crippen LogP contribution is 2.27. The van der Waals surface area contributed by atoms with Gasteiger partial charge < -0.3 is 5.32 Å². The topological polar surface area (TPSA) is 98.0 Å². The fourth-order valence-corrected chi connectivity index (χ4v) is 4.57. The van der Waals surface area contributed by atoms with E-state index >= 15 is 0 Å². The first kappa shape index (κ1) is 18.6. The Morgan fingerprint density at radius 2 is 2.13 bits per heavy atom. The van der Waals surface area contributed by atoms with Crippen LogP contribution in [0.5, 0.6) is 0 Å². The molecule has 1 amide bonds. The molecule has 0 atom stereocenters. The number of benzene rings is 1. The number of rotatable bonds is 5. The molecular formula is C20H15N7OS2. The number of hydrogen-bond acceptors (Lipinski definition) is 8. The first-order valence-corrected chi connectivity index (χ1v) is 10.9. The maximum Gasteiger partial charge on any atom is 0.236 e. The number of fused-ring (bicyclic) bond motifs is 2. The summed E-state index contributed by atoms with van der Waals surface area (Å²) in [5, 5.41) is 16.9. The summed E-state index contributed by atoms with van der Waals surface area (Å²) in [5.41, 5.74) is 4.31. The maximum atomic E-state index is 12.4. The van der Waals surface area contributed by atoms with Gasteiger partial charge in [-0.05, 0) is 48.9 Å². The Morgan fingerprint density at radius 1 is 1.20 bits per heavy atom. The van der Waals surface area contributed by atoms with E-state index in [0.717, 1.165) is 27.0 Å². The van der Waals surface area contributed by atoms with E-state index in [4.69, 9.17) is 0 Å². The van der Waals surface area contributed by atoms with Crippen molar-refractivity contribution in [1.29, 1.82) is 0 Å². The number of aromatic nitrogens is 6. The van der Waals surface area contributed by atoms with Crippen LogP contribution in [0.2, 0.25) is 0 Å². The van der Waals surface area contributed by atoms with Gasteiger partial charge in [-0.25, -0.2) is 4.98 Å². The van der Waals surface area contributed by atoms with Crippen molar-refractivity contribution in [3.63, 3.8) is 0 Å². The zero-order valence-corrected chi connectivity index (χ0v) is 17.4. The van der Waals surface area contributed by atoms with Crippen molar-refractivity contribution in [2.24, 2.45) is 0 Å². The first-order chi connectivity index (χ1) is 14.7. The highest BCUT2D eigenvalue weighted by molar-refractivity contribution is 7.99.